The minimum absolute atomic E-state index is 0.147. The van der Waals surface area contributed by atoms with Crippen molar-refractivity contribution >= 4 is 17.5 Å². The molecule has 0 aliphatic heterocycles. The van der Waals surface area contributed by atoms with Crippen molar-refractivity contribution in [1.29, 1.82) is 0 Å². The third-order valence-electron chi connectivity index (χ3n) is 1.99. The maximum absolute atomic E-state index is 13.1. The number of nitrogens with two attached hydrogens (primary N) is 1. The van der Waals surface area contributed by atoms with Gasteiger partial charge in [0, 0.05) is 20.1 Å². The highest BCUT2D eigenvalue weighted by Gasteiger charge is 2.16. The van der Waals surface area contributed by atoms with E-state index in [0.717, 1.165) is 0 Å². The maximum atomic E-state index is 13.1. The first kappa shape index (κ1) is 11.9. The van der Waals surface area contributed by atoms with Crippen LogP contribution in [0.1, 0.15) is 10.4 Å². The smallest absolute Gasteiger partial charge is 0.255 e. The second kappa shape index (κ2) is 5.09. The quantitative estimate of drug-likeness (QED) is 0.856. The SMILES string of the molecule is CN(CCN)C(=O)c1cccc(F)c1Cl. The molecule has 0 atom stereocenters. The average molecular weight is 231 g/mol. The molecule has 0 aliphatic rings. The highest BCUT2D eigenvalue weighted by atomic mass is 35.5. The van der Waals surface area contributed by atoms with Crippen molar-refractivity contribution in [3.63, 3.8) is 0 Å². The summed E-state index contributed by atoms with van der Waals surface area (Å²) in [5, 5.41) is -0.147. The minimum Gasteiger partial charge on any atom is -0.340 e. The topological polar surface area (TPSA) is 46.3 Å². The van der Waals surface area contributed by atoms with Gasteiger partial charge in [-0.1, -0.05) is 17.7 Å². The highest BCUT2D eigenvalue weighted by Crippen LogP contribution is 2.20. The third kappa shape index (κ3) is 2.67. The molecule has 1 aromatic rings. The van der Waals surface area contributed by atoms with Crippen LogP contribution in [0.25, 0.3) is 0 Å². The van der Waals surface area contributed by atoms with E-state index < -0.39 is 5.82 Å². The molecule has 0 unspecified atom stereocenters. The van der Waals surface area contributed by atoms with Crippen molar-refractivity contribution in [3.8, 4) is 0 Å². The van der Waals surface area contributed by atoms with Crippen LogP contribution in [0.4, 0.5) is 4.39 Å². The Balaban J connectivity index is 2.96. The Kier molecular flexibility index (Phi) is 4.05. The zero-order chi connectivity index (χ0) is 11.4. The average Bonchev–Trinajstić information content (AvgIpc) is 2.21. The number of hydrogen-bond acceptors (Lipinski definition) is 2. The van der Waals surface area contributed by atoms with E-state index in [4.69, 9.17) is 17.3 Å². The molecule has 1 aromatic carbocycles. The summed E-state index contributed by atoms with van der Waals surface area (Å²) >= 11 is 5.68. The Labute approximate surface area is 92.6 Å². The van der Waals surface area contributed by atoms with Gasteiger partial charge in [0.2, 0.25) is 0 Å². The number of amides is 1. The fourth-order valence-corrected chi connectivity index (χ4v) is 1.38. The number of hydrogen-bond donors (Lipinski definition) is 1. The van der Waals surface area contributed by atoms with Gasteiger partial charge in [-0.15, -0.1) is 0 Å². The van der Waals surface area contributed by atoms with Crippen LogP contribution in [0.3, 0.4) is 0 Å². The van der Waals surface area contributed by atoms with Crippen LogP contribution < -0.4 is 5.73 Å². The molecular weight excluding hydrogens is 219 g/mol. The van der Waals surface area contributed by atoms with Crippen LogP contribution in [0.15, 0.2) is 18.2 Å². The second-order valence-corrected chi connectivity index (χ2v) is 3.49. The molecule has 82 valence electrons. The van der Waals surface area contributed by atoms with Crippen molar-refractivity contribution in [2.24, 2.45) is 5.73 Å². The van der Waals surface area contributed by atoms with Crippen LogP contribution in [-0.4, -0.2) is 30.9 Å². The Morgan fingerprint density at radius 1 is 1.60 bits per heavy atom. The van der Waals surface area contributed by atoms with E-state index in [2.05, 4.69) is 0 Å². The van der Waals surface area contributed by atoms with E-state index in [-0.39, 0.29) is 16.5 Å². The van der Waals surface area contributed by atoms with Gasteiger partial charge in [-0.05, 0) is 12.1 Å². The van der Waals surface area contributed by atoms with Crippen molar-refractivity contribution in [2.45, 2.75) is 0 Å². The molecule has 0 bridgehead atoms. The van der Waals surface area contributed by atoms with E-state index in [1.165, 1.54) is 23.1 Å². The molecule has 0 aromatic heterocycles. The largest absolute Gasteiger partial charge is 0.340 e. The van der Waals surface area contributed by atoms with Gasteiger partial charge in [0.15, 0.2) is 0 Å². The lowest BCUT2D eigenvalue weighted by Gasteiger charge is -2.16. The van der Waals surface area contributed by atoms with Crippen LogP contribution in [0, 0.1) is 5.82 Å². The molecule has 0 fully saturated rings. The molecule has 15 heavy (non-hydrogen) atoms. The van der Waals surface area contributed by atoms with Crippen LogP contribution in [0.5, 0.6) is 0 Å². The first-order chi connectivity index (χ1) is 7.07. The number of carbonyl (C=O) groups is 1. The Bertz CT molecular complexity index is 370. The van der Waals surface area contributed by atoms with Crippen LogP contribution in [-0.2, 0) is 0 Å². The molecule has 1 rings (SSSR count). The molecule has 0 heterocycles. The Morgan fingerprint density at radius 2 is 2.27 bits per heavy atom. The maximum Gasteiger partial charge on any atom is 0.255 e. The molecule has 3 nitrogen and oxygen atoms in total. The molecule has 0 spiro atoms. The van der Waals surface area contributed by atoms with Gasteiger partial charge in [0.1, 0.15) is 5.82 Å². The molecular formula is C10H12ClFN2O. The van der Waals surface area contributed by atoms with E-state index in [9.17, 15) is 9.18 Å². The standard InChI is InChI=1S/C10H12ClFN2O/c1-14(6-5-13)10(15)7-3-2-4-8(12)9(7)11/h2-4H,5-6,13H2,1H3. The van der Waals surface area contributed by atoms with Gasteiger partial charge in [-0.3, -0.25) is 4.79 Å². The Morgan fingerprint density at radius 3 is 2.87 bits per heavy atom. The van der Waals surface area contributed by atoms with Crippen LogP contribution in [0.2, 0.25) is 5.02 Å². The molecule has 0 saturated heterocycles. The lowest BCUT2D eigenvalue weighted by molar-refractivity contribution is 0.0798. The lowest BCUT2D eigenvalue weighted by atomic mass is 10.2. The van der Waals surface area contributed by atoms with E-state index in [0.29, 0.717) is 13.1 Å². The van der Waals surface area contributed by atoms with E-state index >= 15 is 0 Å². The summed E-state index contributed by atoms with van der Waals surface area (Å²) in [5.41, 5.74) is 5.47. The molecule has 2 N–H and O–H groups in total. The summed E-state index contributed by atoms with van der Waals surface area (Å²) in [6, 6.07) is 4.15. The Hall–Kier alpha value is -1.13. The lowest BCUT2D eigenvalue weighted by Crippen LogP contribution is -2.31. The summed E-state index contributed by atoms with van der Waals surface area (Å²) in [6.45, 7) is 0.765. The van der Waals surface area contributed by atoms with E-state index in [1.54, 1.807) is 7.05 Å². The summed E-state index contributed by atoms with van der Waals surface area (Å²) in [5.74, 6) is -0.923. The van der Waals surface area contributed by atoms with Gasteiger partial charge in [0.25, 0.3) is 5.91 Å². The minimum atomic E-state index is -0.594. The molecule has 0 saturated carbocycles. The summed E-state index contributed by atoms with van der Waals surface area (Å²) < 4.78 is 13.1. The summed E-state index contributed by atoms with van der Waals surface area (Å²) in [6.07, 6.45) is 0. The van der Waals surface area contributed by atoms with Gasteiger partial charge in [-0.25, -0.2) is 4.39 Å². The molecule has 5 heteroatoms. The number of benzene rings is 1. The number of carbonyl (C=O) groups excluding carboxylic acids is 1. The van der Waals surface area contributed by atoms with Crippen molar-refractivity contribution in [2.75, 3.05) is 20.1 Å². The first-order valence-corrected chi connectivity index (χ1v) is 4.85. The predicted molar refractivity (Wildman–Crippen MR) is 57.4 cm³/mol. The fourth-order valence-electron chi connectivity index (χ4n) is 1.17. The zero-order valence-electron chi connectivity index (χ0n) is 8.34. The molecule has 0 aliphatic carbocycles. The van der Waals surface area contributed by atoms with Gasteiger partial charge < -0.3 is 10.6 Å². The van der Waals surface area contributed by atoms with Crippen molar-refractivity contribution in [1.82, 2.24) is 4.90 Å². The molecule has 0 radical (unpaired) electrons. The number of nitrogens with zero attached hydrogens (tertiary/aromatic N) is 1. The van der Waals surface area contributed by atoms with Crippen molar-refractivity contribution < 1.29 is 9.18 Å². The van der Waals surface area contributed by atoms with Crippen molar-refractivity contribution in [3.05, 3.63) is 34.6 Å². The fraction of sp³-hybridized carbons (Fsp3) is 0.300. The zero-order valence-corrected chi connectivity index (χ0v) is 9.09. The van der Waals surface area contributed by atoms with Gasteiger partial charge in [0.05, 0.1) is 10.6 Å². The van der Waals surface area contributed by atoms with Crippen LogP contribution >= 0.6 is 11.6 Å². The van der Waals surface area contributed by atoms with Gasteiger partial charge in [-0.2, -0.15) is 0 Å². The van der Waals surface area contributed by atoms with E-state index in [1.807, 2.05) is 0 Å². The summed E-state index contributed by atoms with van der Waals surface area (Å²) in [7, 11) is 1.59. The number of rotatable bonds is 3. The number of halogens is 2. The summed E-state index contributed by atoms with van der Waals surface area (Å²) in [4.78, 5) is 13.1. The van der Waals surface area contributed by atoms with Gasteiger partial charge >= 0.3 is 0 Å². The third-order valence-corrected chi connectivity index (χ3v) is 2.38. The predicted octanol–water partition coefficient (Wildman–Crippen LogP) is 1.51. The number of likely N-dealkylation sites (N-methyl/N-ethyl adjacent to an activating group) is 1. The first-order valence-electron chi connectivity index (χ1n) is 4.47. The normalized spacial score (nSPS) is 10.1. The monoisotopic (exact) mass is 230 g/mol. The second-order valence-electron chi connectivity index (χ2n) is 3.12. The highest BCUT2D eigenvalue weighted by molar-refractivity contribution is 6.33. The molecule has 1 amide bonds.